The van der Waals surface area contributed by atoms with Crippen molar-refractivity contribution in [2.24, 2.45) is 0 Å². The van der Waals surface area contributed by atoms with Crippen molar-refractivity contribution >= 4 is 16.9 Å². The maximum atomic E-state index is 12.1. The molecule has 0 saturated heterocycles. The van der Waals surface area contributed by atoms with Gasteiger partial charge in [-0.25, -0.2) is 4.98 Å². The second-order valence-electron chi connectivity index (χ2n) is 6.84. The Morgan fingerprint density at radius 3 is 3.08 bits per heavy atom. The number of H-pyrrole nitrogens is 1. The number of pyridine rings is 1. The number of hydrogen-bond donors (Lipinski definition) is 2. The number of nitrogens with zero attached hydrogens (tertiary/aromatic N) is 3. The first-order chi connectivity index (χ1) is 12.7. The average molecular weight is 349 g/mol. The molecule has 6 heteroatoms. The van der Waals surface area contributed by atoms with Gasteiger partial charge in [0.1, 0.15) is 11.3 Å². The quantitative estimate of drug-likeness (QED) is 0.760. The number of nitrogens with one attached hydrogen (secondary N) is 2. The van der Waals surface area contributed by atoms with Crippen LogP contribution in [0.1, 0.15) is 46.3 Å². The van der Waals surface area contributed by atoms with Gasteiger partial charge in [-0.1, -0.05) is 12.1 Å². The minimum Gasteiger partial charge on any atom is -0.355 e. The fourth-order valence-electron chi connectivity index (χ4n) is 3.84. The Morgan fingerprint density at radius 1 is 1.35 bits per heavy atom. The number of imidazole rings is 1. The molecule has 0 fully saturated rings. The van der Waals surface area contributed by atoms with Gasteiger partial charge in [0.05, 0.1) is 29.4 Å². The van der Waals surface area contributed by atoms with Gasteiger partial charge in [-0.15, -0.1) is 0 Å². The summed E-state index contributed by atoms with van der Waals surface area (Å²) in [6, 6.07) is 10.1. The van der Waals surface area contributed by atoms with Crippen molar-refractivity contribution < 1.29 is 4.79 Å². The average Bonchev–Trinajstić information content (AvgIpc) is 3.09. The summed E-state index contributed by atoms with van der Waals surface area (Å²) in [5, 5.41) is 2.67. The molecule has 0 saturated carbocycles. The molecule has 26 heavy (non-hydrogen) atoms. The highest BCUT2D eigenvalue weighted by Crippen LogP contribution is 2.32. The summed E-state index contributed by atoms with van der Waals surface area (Å²) in [5.41, 5.74) is 4.74. The predicted molar refractivity (Wildman–Crippen MR) is 101 cm³/mol. The van der Waals surface area contributed by atoms with Crippen LogP contribution < -0.4 is 5.32 Å². The standard InChI is InChI=1S/C20H23N5O/c1-21-20(26)14-8-4-9-15-19(14)24-17(23-15)12-25(2)16-10-3-6-13-7-5-11-22-18(13)16/h4-5,7-9,11,16H,3,6,10,12H2,1-2H3,(H,21,26)(H,23,24). The molecule has 134 valence electrons. The highest BCUT2D eigenvalue weighted by atomic mass is 16.1. The number of fused-ring (bicyclic) bond motifs is 2. The Bertz CT molecular complexity index is 948. The third kappa shape index (κ3) is 2.97. The van der Waals surface area contributed by atoms with Gasteiger partial charge < -0.3 is 10.3 Å². The van der Waals surface area contributed by atoms with Crippen LogP contribution in [-0.2, 0) is 13.0 Å². The normalized spacial score (nSPS) is 16.7. The van der Waals surface area contributed by atoms with Crippen LogP contribution in [0, 0.1) is 0 Å². The van der Waals surface area contributed by atoms with E-state index in [4.69, 9.17) is 4.98 Å². The molecule has 0 spiro atoms. The molecule has 6 nitrogen and oxygen atoms in total. The zero-order valence-electron chi connectivity index (χ0n) is 15.1. The lowest BCUT2D eigenvalue weighted by Crippen LogP contribution is -2.28. The van der Waals surface area contributed by atoms with Crippen LogP contribution in [-0.4, -0.2) is 39.9 Å². The maximum Gasteiger partial charge on any atom is 0.253 e. The number of aromatic nitrogens is 3. The monoisotopic (exact) mass is 349 g/mol. The van der Waals surface area contributed by atoms with Crippen molar-refractivity contribution in [1.29, 1.82) is 0 Å². The first-order valence-corrected chi connectivity index (χ1v) is 9.01. The fraction of sp³-hybridized carbons (Fsp3) is 0.350. The van der Waals surface area contributed by atoms with Gasteiger partial charge in [-0.05, 0) is 50.1 Å². The topological polar surface area (TPSA) is 73.9 Å². The minimum atomic E-state index is -0.118. The van der Waals surface area contributed by atoms with Crippen LogP contribution >= 0.6 is 0 Å². The molecule has 0 bridgehead atoms. The molecule has 1 atom stereocenters. The molecule has 2 aromatic heterocycles. The molecule has 1 aromatic carbocycles. The number of carbonyl (C=O) groups excluding carboxylic acids is 1. The molecule has 2 heterocycles. The summed E-state index contributed by atoms with van der Waals surface area (Å²) >= 11 is 0. The molecule has 2 N–H and O–H groups in total. The Morgan fingerprint density at radius 2 is 2.23 bits per heavy atom. The fourth-order valence-corrected chi connectivity index (χ4v) is 3.84. The zero-order chi connectivity index (χ0) is 18.1. The minimum absolute atomic E-state index is 0.118. The Labute approximate surface area is 152 Å². The van der Waals surface area contributed by atoms with Crippen molar-refractivity contribution in [3.63, 3.8) is 0 Å². The Kier molecular flexibility index (Phi) is 4.42. The smallest absolute Gasteiger partial charge is 0.253 e. The Hall–Kier alpha value is -2.73. The van der Waals surface area contributed by atoms with Gasteiger partial charge in [-0.2, -0.15) is 0 Å². The second kappa shape index (κ2) is 6.88. The summed E-state index contributed by atoms with van der Waals surface area (Å²) in [6.07, 6.45) is 5.26. The van der Waals surface area contributed by atoms with Crippen LogP contribution in [0.3, 0.4) is 0 Å². The molecule has 1 aliphatic carbocycles. The summed E-state index contributed by atoms with van der Waals surface area (Å²) in [7, 11) is 3.75. The highest BCUT2D eigenvalue weighted by molar-refractivity contribution is 6.04. The van der Waals surface area contributed by atoms with E-state index in [1.165, 1.54) is 17.7 Å². The maximum absolute atomic E-state index is 12.1. The van der Waals surface area contributed by atoms with Gasteiger partial charge in [0.2, 0.25) is 0 Å². The van der Waals surface area contributed by atoms with Gasteiger partial charge in [-0.3, -0.25) is 14.7 Å². The number of rotatable bonds is 4. The van der Waals surface area contributed by atoms with Crippen molar-refractivity contribution in [1.82, 2.24) is 25.2 Å². The molecular weight excluding hydrogens is 326 g/mol. The van der Waals surface area contributed by atoms with Crippen LogP contribution in [0.15, 0.2) is 36.5 Å². The third-order valence-corrected chi connectivity index (χ3v) is 5.13. The van der Waals surface area contributed by atoms with E-state index < -0.39 is 0 Å². The third-order valence-electron chi connectivity index (χ3n) is 5.13. The number of carbonyl (C=O) groups is 1. The summed E-state index contributed by atoms with van der Waals surface area (Å²) < 4.78 is 0. The summed E-state index contributed by atoms with van der Waals surface area (Å²) in [5.74, 6) is 0.745. The molecule has 0 aliphatic heterocycles. The van der Waals surface area contributed by atoms with Crippen molar-refractivity contribution in [2.75, 3.05) is 14.1 Å². The molecule has 0 radical (unpaired) electrons. The van der Waals surface area contributed by atoms with Crippen LogP contribution in [0.4, 0.5) is 0 Å². The van der Waals surface area contributed by atoms with Gasteiger partial charge in [0, 0.05) is 13.2 Å². The summed E-state index contributed by atoms with van der Waals surface area (Å²) in [4.78, 5) is 27.0. The second-order valence-corrected chi connectivity index (χ2v) is 6.84. The van der Waals surface area contributed by atoms with E-state index in [0.717, 1.165) is 29.7 Å². The molecule has 1 aliphatic rings. The van der Waals surface area contributed by atoms with Crippen molar-refractivity contribution in [3.8, 4) is 0 Å². The van der Waals surface area contributed by atoms with Crippen molar-refractivity contribution in [3.05, 3.63) is 59.2 Å². The number of para-hydroxylation sites is 1. The van der Waals surface area contributed by atoms with Gasteiger partial charge in [0.25, 0.3) is 5.91 Å². The Balaban J connectivity index is 1.61. The van der Waals surface area contributed by atoms with Gasteiger partial charge >= 0.3 is 0 Å². The van der Waals surface area contributed by atoms with Crippen molar-refractivity contribution in [2.45, 2.75) is 31.8 Å². The van der Waals surface area contributed by atoms with E-state index in [-0.39, 0.29) is 5.91 Å². The number of amides is 1. The number of benzene rings is 1. The first-order valence-electron chi connectivity index (χ1n) is 9.01. The largest absolute Gasteiger partial charge is 0.355 e. The lowest BCUT2D eigenvalue weighted by atomic mass is 9.91. The van der Waals surface area contributed by atoms with E-state index in [0.29, 0.717) is 18.2 Å². The number of aromatic amines is 1. The van der Waals surface area contributed by atoms with Crippen LogP contribution in [0.5, 0.6) is 0 Å². The van der Waals surface area contributed by atoms with Crippen LogP contribution in [0.25, 0.3) is 11.0 Å². The van der Waals surface area contributed by atoms with Gasteiger partial charge in [0.15, 0.2) is 0 Å². The SMILES string of the molecule is CNC(=O)c1cccc2[nH]c(CN(C)C3CCCc4cccnc43)nc12. The lowest BCUT2D eigenvalue weighted by molar-refractivity contribution is 0.0964. The van der Waals surface area contributed by atoms with E-state index >= 15 is 0 Å². The highest BCUT2D eigenvalue weighted by Gasteiger charge is 2.25. The number of aryl methyl sites for hydroxylation is 1. The molecule has 1 unspecified atom stereocenters. The molecule has 3 aromatic rings. The first kappa shape index (κ1) is 16.7. The molecule has 1 amide bonds. The molecule has 4 rings (SSSR count). The summed E-state index contributed by atoms with van der Waals surface area (Å²) in [6.45, 7) is 0.683. The van der Waals surface area contributed by atoms with E-state index in [1.807, 2.05) is 24.4 Å². The van der Waals surface area contributed by atoms with E-state index in [1.54, 1.807) is 13.1 Å². The molecular formula is C20H23N5O. The number of hydrogen-bond acceptors (Lipinski definition) is 4. The van der Waals surface area contributed by atoms with Crippen LogP contribution in [0.2, 0.25) is 0 Å². The predicted octanol–water partition coefficient (Wildman–Crippen LogP) is 2.83. The zero-order valence-corrected chi connectivity index (χ0v) is 15.1. The van der Waals surface area contributed by atoms with E-state index in [9.17, 15) is 4.79 Å². The van der Waals surface area contributed by atoms with E-state index in [2.05, 4.69) is 33.3 Å². The lowest BCUT2D eigenvalue weighted by Gasteiger charge is -2.31.